The van der Waals surface area contributed by atoms with E-state index in [1.807, 2.05) is 11.2 Å². The first-order valence-electron chi connectivity index (χ1n) is 4.06. The molecule has 0 aliphatic rings. The first kappa shape index (κ1) is 11.3. The van der Waals surface area contributed by atoms with Crippen LogP contribution >= 0.6 is 11.2 Å². The summed E-state index contributed by atoms with van der Waals surface area (Å²) in [5.41, 5.74) is 0.340. The van der Waals surface area contributed by atoms with E-state index in [-0.39, 0.29) is 0 Å². The summed E-state index contributed by atoms with van der Waals surface area (Å²) in [6, 6.07) is 0. The average molecular weight is 188 g/mol. The molecule has 0 N–H and O–H groups in total. The lowest BCUT2D eigenvalue weighted by Gasteiger charge is -2.14. The van der Waals surface area contributed by atoms with Gasteiger partial charge in [-0.2, -0.15) is 11.2 Å². The second-order valence-electron chi connectivity index (χ2n) is 4.90. The van der Waals surface area contributed by atoms with E-state index in [2.05, 4.69) is 51.9 Å². The van der Waals surface area contributed by atoms with Crippen LogP contribution in [0.1, 0.15) is 20.8 Å². The van der Waals surface area contributed by atoms with Gasteiger partial charge in [0.15, 0.2) is 0 Å². The minimum Gasteiger partial charge on any atom is -0.160 e. The third kappa shape index (κ3) is 10.3. The Bertz CT molecular complexity index is 137. The van der Waals surface area contributed by atoms with Gasteiger partial charge < -0.3 is 0 Å². The third-order valence-electron chi connectivity index (χ3n) is 0.990. The van der Waals surface area contributed by atoms with E-state index in [1.54, 1.807) is 0 Å². The van der Waals surface area contributed by atoms with Gasteiger partial charge >= 0.3 is 0 Å². The predicted octanol–water partition coefficient (Wildman–Crippen LogP) is 4.11. The van der Waals surface area contributed by atoms with E-state index in [4.69, 9.17) is 0 Å². The Kier molecular flexibility index (Phi) is 3.92. The van der Waals surface area contributed by atoms with Crippen LogP contribution in [0.5, 0.6) is 0 Å². The molecule has 0 nitrogen and oxygen atoms in total. The molecule has 0 spiro atoms. The largest absolute Gasteiger partial charge is 0.160 e. The van der Waals surface area contributed by atoms with Crippen molar-refractivity contribution >= 4 is 18.4 Å². The Morgan fingerprint density at radius 1 is 1.09 bits per heavy atom. The van der Waals surface area contributed by atoms with Crippen molar-refractivity contribution in [2.45, 2.75) is 40.4 Å². The minimum atomic E-state index is -0.927. The average Bonchev–Trinajstić information content (AvgIpc) is 1.55. The molecule has 0 saturated heterocycles. The van der Waals surface area contributed by atoms with Gasteiger partial charge in [0.1, 0.15) is 7.22 Å². The highest BCUT2D eigenvalue weighted by atomic mass is 32.4. The molecule has 0 fully saturated rings. The monoisotopic (exact) mass is 188 g/mol. The first-order chi connectivity index (χ1) is 4.71. The first-order valence-corrected chi connectivity index (χ1v) is 9.17. The Morgan fingerprint density at radius 2 is 1.55 bits per heavy atom. The zero-order valence-electron chi connectivity index (χ0n) is 8.56. The molecule has 0 aliphatic carbocycles. The highest BCUT2D eigenvalue weighted by molar-refractivity contribution is 8.30. The molecular formula is C9H20SSi. The second kappa shape index (κ2) is 3.81. The van der Waals surface area contributed by atoms with Crippen LogP contribution in [0.4, 0.5) is 0 Å². The molecule has 0 bridgehead atoms. The van der Waals surface area contributed by atoms with Gasteiger partial charge in [0.2, 0.25) is 0 Å². The second-order valence-corrected chi connectivity index (χ2v) is 14.0. The summed E-state index contributed by atoms with van der Waals surface area (Å²) in [7, 11) is -0.927. The summed E-state index contributed by atoms with van der Waals surface area (Å²) >= 11 is 2.02. The van der Waals surface area contributed by atoms with Crippen LogP contribution in [0, 0.1) is 5.41 Å². The molecule has 0 unspecified atom stereocenters. The lowest BCUT2D eigenvalue weighted by molar-refractivity contribution is 0.545. The summed E-state index contributed by atoms with van der Waals surface area (Å²) in [4.78, 5) is 0. The van der Waals surface area contributed by atoms with Gasteiger partial charge in [0.05, 0.1) is 0 Å². The Balaban J connectivity index is 3.80. The summed E-state index contributed by atoms with van der Waals surface area (Å²) in [5, 5.41) is 2.27. The van der Waals surface area contributed by atoms with E-state index in [9.17, 15) is 0 Å². The standard InChI is InChI=1S/C9H20SSi/c1-9(2,3)7-8-10-11(4,5)6/h7-8H,1-6H3/b8-7+. The minimum absolute atomic E-state index is 0.340. The smallest absolute Gasteiger partial charge is 0.113 e. The number of hydrogen-bond acceptors (Lipinski definition) is 1. The lowest BCUT2D eigenvalue weighted by atomic mass is 9.98. The normalized spacial score (nSPS) is 14.4. The maximum atomic E-state index is 2.37. The Hall–Kier alpha value is 0.307. The van der Waals surface area contributed by atoms with Crippen molar-refractivity contribution < 1.29 is 0 Å². The van der Waals surface area contributed by atoms with Gasteiger partial charge in [-0.05, 0) is 10.8 Å². The molecule has 0 saturated carbocycles. The van der Waals surface area contributed by atoms with Crippen molar-refractivity contribution in [1.82, 2.24) is 0 Å². The molecule has 2 heteroatoms. The number of rotatable bonds is 2. The molecule has 0 aromatic carbocycles. The van der Waals surface area contributed by atoms with E-state index < -0.39 is 7.22 Å². The topological polar surface area (TPSA) is 0 Å². The maximum Gasteiger partial charge on any atom is 0.113 e. The highest BCUT2D eigenvalue weighted by Gasteiger charge is 2.12. The van der Waals surface area contributed by atoms with Gasteiger partial charge in [0, 0.05) is 0 Å². The van der Waals surface area contributed by atoms with E-state index in [0.717, 1.165) is 0 Å². The highest BCUT2D eigenvalue weighted by Crippen LogP contribution is 2.24. The fourth-order valence-corrected chi connectivity index (χ4v) is 2.76. The molecule has 0 atom stereocenters. The van der Waals surface area contributed by atoms with Crippen molar-refractivity contribution in [2.75, 3.05) is 0 Å². The Morgan fingerprint density at radius 3 is 1.82 bits per heavy atom. The predicted molar refractivity (Wildman–Crippen MR) is 59.5 cm³/mol. The summed E-state index contributed by atoms with van der Waals surface area (Å²) in [6.07, 6.45) is 2.29. The van der Waals surface area contributed by atoms with Crippen molar-refractivity contribution in [3.8, 4) is 0 Å². The molecule has 0 heterocycles. The SMILES string of the molecule is CC(C)(C)/C=C/S[Si](C)(C)C. The molecule has 0 amide bonds. The van der Waals surface area contributed by atoms with Crippen LogP contribution in [0.3, 0.4) is 0 Å². The molecular weight excluding hydrogens is 168 g/mol. The van der Waals surface area contributed by atoms with E-state index in [0.29, 0.717) is 5.41 Å². The Labute approximate surface area is 76.1 Å². The maximum absolute atomic E-state index is 2.37. The molecule has 66 valence electrons. The van der Waals surface area contributed by atoms with Gasteiger partial charge in [0.25, 0.3) is 0 Å². The van der Waals surface area contributed by atoms with Gasteiger partial charge in [-0.3, -0.25) is 0 Å². The molecule has 0 aliphatic heterocycles. The molecule has 0 radical (unpaired) electrons. The quantitative estimate of drug-likeness (QED) is 0.588. The zero-order chi connectivity index (χ0) is 9.12. The lowest BCUT2D eigenvalue weighted by Crippen LogP contribution is -2.12. The van der Waals surface area contributed by atoms with Gasteiger partial charge in [-0.15, -0.1) is 0 Å². The van der Waals surface area contributed by atoms with Crippen LogP contribution in [0.25, 0.3) is 0 Å². The molecule has 0 rings (SSSR count). The molecule has 11 heavy (non-hydrogen) atoms. The molecule has 0 aromatic heterocycles. The summed E-state index contributed by atoms with van der Waals surface area (Å²) < 4.78 is 0. The van der Waals surface area contributed by atoms with Crippen LogP contribution in [-0.2, 0) is 0 Å². The zero-order valence-corrected chi connectivity index (χ0v) is 10.4. The van der Waals surface area contributed by atoms with Crippen LogP contribution in [0.2, 0.25) is 19.6 Å². The van der Waals surface area contributed by atoms with E-state index >= 15 is 0 Å². The number of allylic oxidation sites excluding steroid dienone is 1. The van der Waals surface area contributed by atoms with Crippen molar-refractivity contribution in [3.05, 3.63) is 11.5 Å². The van der Waals surface area contributed by atoms with Crippen LogP contribution < -0.4 is 0 Å². The van der Waals surface area contributed by atoms with Crippen LogP contribution in [-0.4, -0.2) is 7.22 Å². The van der Waals surface area contributed by atoms with Crippen LogP contribution in [0.15, 0.2) is 11.5 Å². The van der Waals surface area contributed by atoms with Gasteiger partial charge in [-0.1, -0.05) is 46.5 Å². The number of hydrogen-bond donors (Lipinski definition) is 0. The molecule has 0 aromatic rings. The fraction of sp³-hybridized carbons (Fsp3) is 0.778. The third-order valence-corrected chi connectivity index (χ3v) is 4.50. The summed E-state index contributed by atoms with van der Waals surface area (Å²) in [6.45, 7) is 13.8. The fourth-order valence-electron chi connectivity index (χ4n) is 0.442. The summed E-state index contributed by atoms with van der Waals surface area (Å²) in [5.74, 6) is 0. The van der Waals surface area contributed by atoms with Crippen molar-refractivity contribution in [3.63, 3.8) is 0 Å². The van der Waals surface area contributed by atoms with Crippen molar-refractivity contribution in [1.29, 1.82) is 0 Å². The van der Waals surface area contributed by atoms with Crippen molar-refractivity contribution in [2.24, 2.45) is 5.41 Å². The van der Waals surface area contributed by atoms with E-state index in [1.165, 1.54) is 0 Å². The van der Waals surface area contributed by atoms with Gasteiger partial charge in [-0.25, -0.2) is 0 Å².